The molecule has 14 heteroatoms. The number of carbonyl (C=O) groups excluding carboxylic acids is 4. The van der Waals surface area contributed by atoms with Crippen LogP contribution in [0.4, 0.5) is 0 Å². The van der Waals surface area contributed by atoms with Crippen molar-refractivity contribution >= 4 is 35.6 Å². The summed E-state index contributed by atoms with van der Waals surface area (Å²) < 4.78 is 0. The second-order valence-corrected chi connectivity index (χ2v) is 7.19. The molecule has 1 saturated heterocycles. The number of nitrogens with two attached hydrogens (primary N) is 2. The molecule has 5 unspecified atom stereocenters. The number of carboxylic acids is 2. The zero-order valence-corrected chi connectivity index (χ0v) is 16.8. The van der Waals surface area contributed by atoms with E-state index in [1.165, 1.54) is 6.92 Å². The number of aliphatic carboxylic acids is 2. The van der Waals surface area contributed by atoms with Crippen LogP contribution in [0, 0.1) is 0 Å². The number of aliphatic hydroxyl groups is 1. The third kappa shape index (κ3) is 7.49. The first kappa shape index (κ1) is 25.8. The van der Waals surface area contributed by atoms with Crippen LogP contribution in [-0.2, 0) is 28.8 Å². The van der Waals surface area contributed by atoms with E-state index in [0.717, 1.165) is 4.90 Å². The molecule has 1 fully saturated rings. The smallest absolute Gasteiger partial charge is 0.326 e. The Morgan fingerprint density at radius 2 is 1.71 bits per heavy atom. The van der Waals surface area contributed by atoms with Crippen LogP contribution in [0.5, 0.6) is 0 Å². The van der Waals surface area contributed by atoms with Crippen LogP contribution >= 0.6 is 0 Å². The highest BCUT2D eigenvalue weighted by atomic mass is 16.4. The summed E-state index contributed by atoms with van der Waals surface area (Å²) in [6, 6.07) is -5.66. The van der Waals surface area contributed by atoms with Gasteiger partial charge in [-0.2, -0.15) is 0 Å². The maximum atomic E-state index is 12.7. The molecule has 5 atom stereocenters. The molecular weight excluding hydrogens is 418 g/mol. The molecule has 1 rings (SSSR count). The number of nitrogens with zero attached hydrogens (tertiary/aromatic N) is 1. The van der Waals surface area contributed by atoms with Gasteiger partial charge in [0.2, 0.25) is 23.6 Å². The lowest BCUT2D eigenvalue weighted by Gasteiger charge is -2.29. The van der Waals surface area contributed by atoms with Gasteiger partial charge >= 0.3 is 11.9 Å². The minimum absolute atomic E-state index is 0.148. The highest BCUT2D eigenvalue weighted by Gasteiger charge is 2.39. The van der Waals surface area contributed by atoms with Gasteiger partial charge in [0.1, 0.15) is 18.1 Å². The summed E-state index contributed by atoms with van der Waals surface area (Å²) in [4.78, 5) is 71.5. The first-order chi connectivity index (χ1) is 14.3. The first-order valence-corrected chi connectivity index (χ1v) is 9.42. The van der Waals surface area contributed by atoms with Crippen molar-refractivity contribution in [1.29, 1.82) is 0 Å². The molecule has 0 aromatic heterocycles. The number of amides is 4. The average molecular weight is 445 g/mol. The van der Waals surface area contributed by atoms with Crippen LogP contribution in [0.2, 0.25) is 0 Å². The van der Waals surface area contributed by atoms with Crippen LogP contribution in [0.1, 0.15) is 32.6 Å². The highest BCUT2D eigenvalue weighted by molar-refractivity contribution is 5.95. The van der Waals surface area contributed by atoms with E-state index in [2.05, 4.69) is 5.32 Å². The van der Waals surface area contributed by atoms with E-state index in [-0.39, 0.29) is 13.0 Å². The molecule has 0 aromatic carbocycles. The predicted octanol–water partition coefficient (Wildman–Crippen LogP) is -3.91. The van der Waals surface area contributed by atoms with Crippen molar-refractivity contribution in [3.63, 3.8) is 0 Å². The van der Waals surface area contributed by atoms with E-state index < -0.39 is 78.7 Å². The molecule has 1 heterocycles. The van der Waals surface area contributed by atoms with Crippen molar-refractivity contribution in [2.24, 2.45) is 11.5 Å². The van der Waals surface area contributed by atoms with Gasteiger partial charge in [-0.25, -0.2) is 4.79 Å². The molecule has 14 nitrogen and oxygen atoms in total. The van der Waals surface area contributed by atoms with E-state index in [1.807, 2.05) is 5.32 Å². The molecule has 1 aliphatic rings. The Morgan fingerprint density at radius 3 is 2.19 bits per heavy atom. The molecule has 31 heavy (non-hydrogen) atoms. The first-order valence-electron chi connectivity index (χ1n) is 9.42. The quantitative estimate of drug-likeness (QED) is 0.163. The minimum atomic E-state index is -1.67. The summed E-state index contributed by atoms with van der Waals surface area (Å²) in [6.07, 6.45) is -2.14. The number of carbonyl (C=O) groups is 6. The average Bonchev–Trinajstić information content (AvgIpc) is 3.13. The molecule has 1 aliphatic heterocycles. The third-order valence-electron chi connectivity index (χ3n) is 4.63. The Bertz CT molecular complexity index is 742. The fourth-order valence-electron chi connectivity index (χ4n) is 3.11. The maximum Gasteiger partial charge on any atom is 0.326 e. The summed E-state index contributed by atoms with van der Waals surface area (Å²) in [7, 11) is 0. The molecule has 0 bridgehead atoms. The van der Waals surface area contributed by atoms with Gasteiger partial charge in [0.25, 0.3) is 0 Å². The van der Waals surface area contributed by atoms with E-state index >= 15 is 0 Å². The number of carboxylic acid groups (broad SMARTS) is 2. The van der Waals surface area contributed by atoms with Crippen LogP contribution < -0.4 is 22.1 Å². The monoisotopic (exact) mass is 445 g/mol. The van der Waals surface area contributed by atoms with Crippen molar-refractivity contribution in [2.75, 3.05) is 6.54 Å². The second kappa shape index (κ2) is 11.2. The van der Waals surface area contributed by atoms with E-state index in [0.29, 0.717) is 6.42 Å². The van der Waals surface area contributed by atoms with E-state index in [1.54, 1.807) is 0 Å². The number of aliphatic hydroxyl groups excluding tert-OH is 1. The van der Waals surface area contributed by atoms with Crippen LogP contribution in [0.3, 0.4) is 0 Å². The number of primary amides is 1. The van der Waals surface area contributed by atoms with Gasteiger partial charge in [-0.05, 0) is 19.8 Å². The van der Waals surface area contributed by atoms with Crippen molar-refractivity contribution in [3.05, 3.63) is 0 Å². The zero-order valence-electron chi connectivity index (χ0n) is 16.8. The van der Waals surface area contributed by atoms with Gasteiger partial charge in [0.05, 0.1) is 25.0 Å². The van der Waals surface area contributed by atoms with Crippen molar-refractivity contribution < 1.29 is 44.1 Å². The lowest BCUT2D eigenvalue weighted by atomic mass is 10.1. The van der Waals surface area contributed by atoms with E-state index in [4.69, 9.17) is 21.7 Å². The molecule has 174 valence electrons. The topological polar surface area (TPSA) is 242 Å². The highest BCUT2D eigenvalue weighted by Crippen LogP contribution is 2.19. The molecule has 0 aliphatic carbocycles. The number of rotatable bonds is 11. The molecular formula is C17H27N5O9. The molecule has 0 aromatic rings. The largest absolute Gasteiger partial charge is 0.481 e. The predicted molar refractivity (Wildman–Crippen MR) is 102 cm³/mol. The summed E-state index contributed by atoms with van der Waals surface area (Å²) in [6.45, 7) is 1.32. The number of likely N-dealkylation sites (tertiary alicyclic amines) is 1. The van der Waals surface area contributed by atoms with Gasteiger partial charge in [-0.1, -0.05) is 0 Å². The summed E-state index contributed by atoms with van der Waals surface area (Å²) in [5.74, 6) is -6.43. The Balaban J connectivity index is 2.89. The number of hydrogen-bond donors (Lipinski definition) is 7. The summed E-state index contributed by atoms with van der Waals surface area (Å²) in [5.41, 5.74) is 10.5. The summed E-state index contributed by atoms with van der Waals surface area (Å²) in [5, 5.41) is 32.0. The van der Waals surface area contributed by atoms with Crippen molar-refractivity contribution in [2.45, 2.75) is 62.9 Å². The standard InChI is InChI=1S/C17H27N5O9/c1-7(23)13(15(28)20-9(17(30)31)6-11(19)24)21-14(27)10-3-2-4-22(10)16(29)8(18)5-12(25)26/h7-10,13,23H,2-6,18H2,1H3,(H2,19,24)(H,20,28)(H,21,27)(H,25,26)(H,30,31). The zero-order chi connectivity index (χ0) is 23.9. The molecule has 0 saturated carbocycles. The number of hydrogen-bond acceptors (Lipinski definition) is 8. The van der Waals surface area contributed by atoms with Gasteiger partial charge in [-0.15, -0.1) is 0 Å². The molecule has 4 amide bonds. The fourth-order valence-corrected chi connectivity index (χ4v) is 3.11. The van der Waals surface area contributed by atoms with Gasteiger partial charge < -0.3 is 42.3 Å². The Hall–Kier alpha value is -3.26. The van der Waals surface area contributed by atoms with E-state index in [9.17, 15) is 33.9 Å². The summed E-state index contributed by atoms with van der Waals surface area (Å²) >= 11 is 0. The Kier molecular flexibility index (Phi) is 9.33. The molecule has 0 radical (unpaired) electrons. The molecule has 0 spiro atoms. The van der Waals surface area contributed by atoms with Crippen molar-refractivity contribution in [3.8, 4) is 0 Å². The normalized spacial score (nSPS) is 19.6. The van der Waals surface area contributed by atoms with Gasteiger partial charge in [-0.3, -0.25) is 24.0 Å². The van der Waals surface area contributed by atoms with Crippen LogP contribution in [0.25, 0.3) is 0 Å². The SMILES string of the molecule is CC(O)C(NC(=O)C1CCCN1C(=O)C(N)CC(=O)O)C(=O)NC(CC(N)=O)C(=O)O. The Morgan fingerprint density at radius 1 is 1.10 bits per heavy atom. The van der Waals surface area contributed by atoms with Crippen LogP contribution in [-0.4, -0.2) is 92.6 Å². The lowest BCUT2D eigenvalue weighted by molar-refractivity contribution is -0.145. The lowest BCUT2D eigenvalue weighted by Crippen LogP contribution is -2.59. The third-order valence-corrected chi connectivity index (χ3v) is 4.63. The second-order valence-electron chi connectivity index (χ2n) is 7.19. The van der Waals surface area contributed by atoms with Crippen molar-refractivity contribution in [1.82, 2.24) is 15.5 Å². The maximum absolute atomic E-state index is 12.7. The Labute approximate surface area is 176 Å². The molecule has 9 N–H and O–H groups in total. The van der Waals surface area contributed by atoms with Crippen LogP contribution in [0.15, 0.2) is 0 Å². The fraction of sp³-hybridized carbons (Fsp3) is 0.647. The minimum Gasteiger partial charge on any atom is -0.481 e. The number of nitrogens with one attached hydrogen (secondary N) is 2. The van der Waals surface area contributed by atoms with Gasteiger partial charge in [0.15, 0.2) is 0 Å². The van der Waals surface area contributed by atoms with Gasteiger partial charge in [0, 0.05) is 6.54 Å².